The van der Waals surface area contributed by atoms with Crippen LogP contribution in [0.2, 0.25) is 0 Å². The standard InChI is InChI=1S/C14H17BrO3/c1-5-17-14(16)11(4)8-18-12-6-9(2)13(15)10(3)7-12/h6-7H,4-5,8H2,1-3H3. The van der Waals surface area contributed by atoms with Crippen LogP contribution < -0.4 is 4.74 Å². The van der Waals surface area contributed by atoms with Gasteiger partial charge in [0.2, 0.25) is 0 Å². The van der Waals surface area contributed by atoms with Crippen LogP contribution >= 0.6 is 15.9 Å². The number of hydrogen-bond acceptors (Lipinski definition) is 3. The summed E-state index contributed by atoms with van der Waals surface area (Å²) < 4.78 is 11.4. The average molecular weight is 313 g/mol. The molecule has 0 heterocycles. The summed E-state index contributed by atoms with van der Waals surface area (Å²) in [5, 5.41) is 0. The Labute approximate surface area is 116 Å². The third kappa shape index (κ3) is 3.88. The largest absolute Gasteiger partial charge is 0.489 e. The number of aryl methyl sites for hydroxylation is 2. The van der Waals surface area contributed by atoms with E-state index in [1.54, 1.807) is 6.92 Å². The van der Waals surface area contributed by atoms with Crippen molar-refractivity contribution in [1.29, 1.82) is 0 Å². The van der Waals surface area contributed by atoms with Gasteiger partial charge in [-0.1, -0.05) is 22.5 Å². The molecule has 0 fully saturated rings. The number of hydrogen-bond donors (Lipinski definition) is 0. The Morgan fingerprint density at radius 2 is 1.89 bits per heavy atom. The molecule has 0 unspecified atom stereocenters. The number of carbonyl (C=O) groups excluding carboxylic acids is 1. The molecule has 0 atom stereocenters. The Morgan fingerprint density at radius 3 is 2.39 bits per heavy atom. The van der Waals surface area contributed by atoms with Crippen LogP contribution in [0.1, 0.15) is 18.1 Å². The maximum Gasteiger partial charge on any atom is 0.336 e. The summed E-state index contributed by atoms with van der Waals surface area (Å²) in [5.41, 5.74) is 2.49. The first kappa shape index (κ1) is 14.8. The molecule has 0 amide bonds. The zero-order valence-electron chi connectivity index (χ0n) is 10.9. The molecule has 18 heavy (non-hydrogen) atoms. The normalized spacial score (nSPS) is 10.0. The van der Waals surface area contributed by atoms with Gasteiger partial charge in [0, 0.05) is 4.47 Å². The molecule has 0 aliphatic rings. The van der Waals surface area contributed by atoms with Gasteiger partial charge in [-0.15, -0.1) is 0 Å². The first-order valence-corrected chi connectivity index (χ1v) is 6.49. The number of esters is 1. The summed E-state index contributed by atoms with van der Waals surface area (Å²) >= 11 is 3.49. The van der Waals surface area contributed by atoms with Crippen LogP contribution in [0.5, 0.6) is 5.75 Å². The first-order chi connectivity index (χ1) is 8.45. The number of halogens is 1. The third-order valence-electron chi connectivity index (χ3n) is 2.39. The molecule has 0 bridgehead atoms. The molecule has 1 rings (SSSR count). The molecular formula is C14H17BrO3. The fraction of sp³-hybridized carbons (Fsp3) is 0.357. The summed E-state index contributed by atoms with van der Waals surface area (Å²) in [6.45, 7) is 9.86. The number of benzene rings is 1. The molecule has 4 heteroatoms. The number of carbonyl (C=O) groups is 1. The molecule has 3 nitrogen and oxygen atoms in total. The van der Waals surface area contributed by atoms with Crippen LogP contribution in [-0.2, 0) is 9.53 Å². The van der Waals surface area contributed by atoms with E-state index in [-0.39, 0.29) is 6.61 Å². The van der Waals surface area contributed by atoms with E-state index in [2.05, 4.69) is 22.5 Å². The van der Waals surface area contributed by atoms with Crippen molar-refractivity contribution in [2.24, 2.45) is 0 Å². The van der Waals surface area contributed by atoms with Crippen LogP contribution in [0.15, 0.2) is 28.8 Å². The Balaban J connectivity index is 2.64. The molecular weight excluding hydrogens is 296 g/mol. The molecule has 0 aromatic heterocycles. The zero-order chi connectivity index (χ0) is 13.7. The molecule has 0 N–H and O–H groups in total. The fourth-order valence-electron chi connectivity index (χ4n) is 1.45. The highest BCUT2D eigenvalue weighted by atomic mass is 79.9. The fourth-order valence-corrected chi connectivity index (χ4v) is 1.68. The Kier molecular flexibility index (Phi) is 5.41. The van der Waals surface area contributed by atoms with Gasteiger partial charge in [0.1, 0.15) is 12.4 Å². The molecule has 0 saturated carbocycles. The van der Waals surface area contributed by atoms with Crippen LogP contribution in [0.25, 0.3) is 0 Å². The van der Waals surface area contributed by atoms with Gasteiger partial charge in [0.05, 0.1) is 12.2 Å². The average Bonchev–Trinajstić information content (AvgIpc) is 2.33. The van der Waals surface area contributed by atoms with Crippen molar-refractivity contribution < 1.29 is 14.3 Å². The van der Waals surface area contributed by atoms with Gasteiger partial charge in [0.15, 0.2) is 0 Å². The minimum atomic E-state index is -0.414. The van der Waals surface area contributed by atoms with E-state index in [0.717, 1.165) is 21.3 Å². The van der Waals surface area contributed by atoms with Gasteiger partial charge in [-0.25, -0.2) is 4.79 Å². The number of rotatable bonds is 5. The molecule has 0 saturated heterocycles. The molecule has 98 valence electrons. The second-order valence-electron chi connectivity index (χ2n) is 3.98. The first-order valence-electron chi connectivity index (χ1n) is 5.70. The van der Waals surface area contributed by atoms with Crippen molar-refractivity contribution in [2.45, 2.75) is 20.8 Å². The van der Waals surface area contributed by atoms with Gasteiger partial charge in [0.25, 0.3) is 0 Å². The lowest BCUT2D eigenvalue weighted by Gasteiger charge is -2.11. The Hall–Kier alpha value is -1.29. The van der Waals surface area contributed by atoms with Crippen molar-refractivity contribution in [3.8, 4) is 5.75 Å². The topological polar surface area (TPSA) is 35.5 Å². The molecule has 1 aromatic rings. The maximum atomic E-state index is 11.3. The maximum absolute atomic E-state index is 11.3. The summed E-state index contributed by atoms with van der Waals surface area (Å²) in [5.74, 6) is 0.307. The lowest BCUT2D eigenvalue weighted by atomic mass is 10.1. The van der Waals surface area contributed by atoms with Crippen molar-refractivity contribution in [2.75, 3.05) is 13.2 Å². The highest BCUT2D eigenvalue weighted by Crippen LogP contribution is 2.26. The van der Waals surface area contributed by atoms with Crippen LogP contribution in [0.4, 0.5) is 0 Å². The zero-order valence-corrected chi connectivity index (χ0v) is 12.5. The minimum Gasteiger partial charge on any atom is -0.489 e. The van der Waals surface area contributed by atoms with Crippen molar-refractivity contribution in [3.05, 3.63) is 39.9 Å². The second kappa shape index (κ2) is 6.59. The van der Waals surface area contributed by atoms with E-state index >= 15 is 0 Å². The van der Waals surface area contributed by atoms with Gasteiger partial charge < -0.3 is 9.47 Å². The lowest BCUT2D eigenvalue weighted by Crippen LogP contribution is -2.13. The minimum absolute atomic E-state index is 0.138. The monoisotopic (exact) mass is 312 g/mol. The van der Waals surface area contributed by atoms with Gasteiger partial charge in [-0.05, 0) is 44.0 Å². The lowest BCUT2D eigenvalue weighted by molar-refractivity contribution is -0.138. The van der Waals surface area contributed by atoms with Crippen LogP contribution in [0.3, 0.4) is 0 Å². The number of ether oxygens (including phenoxy) is 2. The summed E-state index contributed by atoms with van der Waals surface area (Å²) in [4.78, 5) is 11.3. The predicted molar refractivity (Wildman–Crippen MR) is 74.9 cm³/mol. The molecule has 0 aliphatic carbocycles. The van der Waals surface area contributed by atoms with Crippen LogP contribution in [0, 0.1) is 13.8 Å². The third-order valence-corrected chi connectivity index (χ3v) is 3.64. The van der Waals surface area contributed by atoms with Gasteiger partial charge in [-0.2, -0.15) is 0 Å². The van der Waals surface area contributed by atoms with Gasteiger partial charge in [-0.3, -0.25) is 0 Å². The highest BCUT2D eigenvalue weighted by Gasteiger charge is 2.09. The van der Waals surface area contributed by atoms with Crippen molar-refractivity contribution >= 4 is 21.9 Å². The summed E-state index contributed by atoms with van der Waals surface area (Å²) in [6, 6.07) is 3.82. The van der Waals surface area contributed by atoms with Crippen LogP contribution in [-0.4, -0.2) is 19.2 Å². The van der Waals surface area contributed by atoms with Crippen molar-refractivity contribution in [3.63, 3.8) is 0 Å². The van der Waals surface area contributed by atoms with E-state index in [0.29, 0.717) is 12.2 Å². The second-order valence-corrected chi connectivity index (χ2v) is 4.78. The van der Waals surface area contributed by atoms with E-state index in [4.69, 9.17) is 9.47 Å². The highest BCUT2D eigenvalue weighted by molar-refractivity contribution is 9.10. The Bertz CT molecular complexity index is 443. The molecule has 0 aliphatic heterocycles. The quantitative estimate of drug-likeness (QED) is 0.616. The van der Waals surface area contributed by atoms with Crippen molar-refractivity contribution in [1.82, 2.24) is 0 Å². The molecule has 0 radical (unpaired) electrons. The summed E-state index contributed by atoms with van der Waals surface area (Å²) in [7, 11) is 0. The smallest absolute Gasteiger partial charge is 0.336 e. The molecule has 0 spiro atoms. The Morgan fingerprint density at radius 1 is 1.33 bits per heavy atom. The molecule has 1 aromatic carbocycles. The van der Waals surface area contributed by atoms with E-state index in [1.165, 1.54) is 0 Å². The van der Waals surface area contributed by atoms with E-state index in [9.17, 15) is 4.79 Å². The van der Waals surface area contributed by atoms with E-state index in [1.807, 2.05) is 26.0 Å². The van der Waals surface area contributed by atoms with E-state index < -0.39 is 5.97 Å². The summed E-state index contributed by atoms with van der Waals surface area (Å²) in [6.07, 6.45) is 0. The predicted octanol–water partition coefficient (Wildman–Crippen LogP) is 3.56. The SMILES string of the molecule is C=C(COc1cc(C)c(Br)c(C)c1)C(=O)OCC. The van der Waals surface area contributed by atoms with Gasteiger partial charge >= 0.3 is 5.97 Å².